The van der Waals surface area contributed by atoms with Gasteiger partial charge in [-0.1, -0.05) is 46.3 Å². The molecule has 0 aromatic heterocycles. The van der Waals surface area contributed by atoms with Crippen LogP contribution in [-0.2, 0) is 14.4 Å². The largest absolute Gasteiger partial charge is 0.394 e. The summed E-state index contributed by atoms with van der Waals surface area (Å²) in [6, 6.07) is -1.20. The Morgan fingerprint density at radius 2 is 1.83 bits per heavy atom. The van der Waals surface area contributed by atoms with Crippen molar-refractivity contribution in [2.24, 2.45) is 29.6 Å². The summed E-state index contributed by atoms with van der Waals surface area (Å²) in [5.41, 5.74) is 0. The molecule has 1 fully saturated rings. The van der Waals surface area contributed by atoms with E-state index in [1.54, 1.807) is 11.9 Å². The number of carbonyl (C=O) groups is 3. The summed E-state index contributed by atoms with van der Waals surface area (Å²) in [6.07, 6.45) is 6.49. The van der Waals surface area contributed by atoms with Crippen molar-refractivity contribution in [2.45, 2.75) is 72.0 Å². The quantitative estimate of drug-likeness (QED) is 0.494. The Kier molecular flexibility index (Phi) is 8.47. The first kappa shape index (κ1) is 24.4. The van der Waals surface area contributed by atoms with Gasteiger partial charge < -0.3 is 20.6 Å². The molecule has 170 valence electrons. The summed E-state index contributed by atoms with van der Waals surface area (Å²) >= 11 is 0. The van der Waals surface area contributed by atoms with E-state index in [0.717, 1.165) is 19.3 Å². The number of amides is 3. The lowest BCUT2D eigenvalue weighted by Crippen LogP contribution is -2.55. The minimum atomic E-state index is -0.720. The van der Waals surface area contributed by atoms with Gasteiger partial charge in [0.1, 0.15) is 6.04 Å². The highest BCUT2D eigenvalue weighted by atomic mass is 16.3. The Balaban J connectivity index is 2.51. The fourth-order valence-electron chi connectivity index (χ4n) is 5.17. The lowest BCUT2D eigenvalue weighted by atomic mass is 9.69. The molecule has 2 rings (SSSR count). The van der Waals surface area contributed by atoms with E-state index in [9.17, 15) is 19.5 Å². The maximum atomic E-state index is 13.7. The predicted octanol–water partition coefficient (Wildman–Crippen LogP) is 1.71. The summed E-state index contributed by atoms with van der Waals surface area (Å²) in [5.74, 6) is -2.13. The van der Waals surface area contributed by atoms with Crippen LogP contribution in [0.3, 0.4) is 0 Å². The smallest absolute Gasteiger partial charge is 0.243 e. The average molecular weight is 422 g/mol. The second-order valence-electron chi connectivity index (χ2n) is 9.08. The first-order valence-electron chi connectivity index (χ1n) is 11.4. The molecule has 7 nitrogen and oxygen atoms in total. The molecule has 0 spiro atoms. The van der Waals surface area contributed by atoms with E-state index < -0.39 is 23.9 Å². The molecular weight excluding hydrogens is 382 g/mol. The predicted molar refractivity (Wildman–Crippen MR) is 116 cm³/mol. The number of carbonyl (C=O) groups excluding carboxylic acids is 3. The van der Waals surface area contributed by atoms with E-state index in [2.05, 4.69) is 17.6 Å². The number of aliphatic hydroxyl groups is 1. The van der Waals surface area contributed by atoms with Crippen molar-refractivity contribution in [2.75, 3.05) is 13.7 Å². The van der Waals surface area contributed by atoms with Gasteiger partial charge in [-0.25, -0.2) is 0 Å². The molecule has 0 saturated carbocycles. The lowest BCUT2D eigenvalue weighted by Gasteiger charge is -2.35. The number of nitrogens with one attached hydrogen (secondary N) is 2. The van der Waals surface area contributed by atoms with Crippen molar-refractivity contribution in [1.82, 2.24) is 15.5 Å². The van der Waals surface area contributed by atoms with Gasteiger partial charge in [-0.2, -0.15) is 0 Å². The fourth-order valence-corrected chi connectivity index (χ4v) is 5.17. The van der Waals surface area contributed by atoms with Crippen LogP contribution in [0.15, 0.2) is 12.2 Å². The normalized spacial score (nSPS) is 30.2. The summed E-state index contributed by atoms with van der Waals surface area (Å²) in [7, 11) is 1.58. The molecule has 1 unspecified atom stereocenters. The molecule has 7 heteroatoms. The van der Waals surface area contributed by atoms with E-state index in [4.69, 9.17) is 0 Å². The van der Waals surface area contributed by atoms with E-state index >= 15 is 0 Å². The van der Waals surface area contributed by atoms with E-state index in [-0.39, 0.29) is 48.1 Å². The van der Waals surface area contributed by atoms with Crippen molar-refractivity contribution in [3.05, 3.63) is 12.2 Å². The van der Waals surface area contributed by atoms with Crippen LogP contribution in [0, 0.1) is 29.6 Å². The average Bonchev–Trinajstić information content (AvgIpc) is 2.99. The second-order valence-corrected chi connectivity index (χ2v) is 9.08. The highest BCUT2D eigenvalue weighted by molar-refractivity contribution is 5.97. The van der Waals surface area contributed by atoms with Gasteiger partial charge in [0.25, 0.3) is 0 Å². The van der Waals surface area contributed by atoms with Crippen molar-refractivity contribution in [1.29, 1.82) is 0 Å². The molecule has 0 aromatic rings. The number of hydrogen-bond donors (Lipinski definition) is 3. The molecule has 1 heterocycles. The van der Waals surface area contributed by atoms with Gasteiger partial charge in [0, 0.05) is 19.0 Å². The molecule has 1 saturated heterocycles. The zero-order valence-corrected chi connectivity index (χ0v) is 19.2. The third kappa shape index (κ3) is 4.56. The summed E-state index contributed by atoms with van der Waals surface area (Å²) in [6.45, 7) is 9.68. The second kappa shape index (κ2) is 10.4. The topological polar surface area (TPSA) is 98.7 Å². The van der Waals surface area contributed by atoms with E-state index in [0.29, 0.717) is 0 Å². The molecule has 1 aliphatic carbocycles. The highest BCUT2D eigenvalue weighted by Gasteiger charge is 2.58. The van der Waals surface area contributed by atoms with Gasteiger partial charge in [0.15, 0.2) is 0 Å². The molecule has 30 heavy (non-hydrogen) atoms. The fraction of sp³-hybridized carbons (Fsp3) is 0.783. The van der Waals surface area contributed by atoms with Crippen LogP contribution in [0.1, 0.15) is 53.9 Å². The molecule has 2 aliphatic rings. The lowest BCUT2D eigenvalue weighted by molar-refractivity contribution is -0.144. The Morgan fingerprint density at radius 1 is 1.17 bits per heavy atom. The highest BCUT2D eigenvalue weighted by Crippen LogP contribution is 2.46. The van der Waals surface area contributed by atoms with Crippen LogP contribution in [0.25, 0.3) is 0 Å². The summed E-state index contributed by atoms with van der Waals surface area (Å²) in [5, 5.41) is 15.8. The zero-order valence-electron chi connectivity index (χ0n) is 19.2. The van der Waals surface area contributed by atoms with E-state index in [1.165, 1.54) is 0 Å². The SMILES string of the molecule is CCCC(C)NC(=O)[C@@H]1[C@H]2C=C[C@@H](CC)[C@@H](C(=O)NC)[C@@H]2C(=O)N1[C@@H](CO)C(C)C. The molecule has 0 aromatic carbocycles. The number of allylic oxidation sites excluding steroid dienone is 1. The Hall–Kier alpha value is -1.89. The van der Waals surface area contributed by atoms with E-state index in [1.807, 2.05) is 39.8 Å². The number of rotatable bonds is 9. The van der Waals surface area contributed by atoms with Crippen molar-refractivity contribution >= 4 is 17.7 Å². The Morgan fingerprint density at radius 3 is 2.33 bits per heavy atom. The number of fused-ring (bicyclic) bond motifs is 1. The molecule has 0 bridgehead atoms. The van der Waals surface area contributed by atoms with Gasteiger partial charge in [0.2, 0.25) is 17.7 Å². The number of nitrogens with zero attached hydrogens (tertiary/aromatic N) is 1. The first-order chi connectivity index (χ1) is 14.2. The van der Waals surface area contributed by atoms with Gasteiger partial charge in [-0.05, 0) is 31.6 Å². The zero-order chi connectivity index (χ0) is 22.6. The maximum absolute atomic E-state index is 13.7. The molecule has 3 amide bonds. The number of hydrogen-bond acceptors (Lipinski definition) is 4. The van der Waals surface area contributed by atoms with Crippen LogP contribution >= 0.6 is 0 Å². The summed E-state index contributed by atoms with van der Waals surface area (Å²) in [4.78, 5) is 41.4. The van der Waals surface area contributed by atoms with Crippen LogP contribution < -0.4 is 10.6 Å². The Bertz CT molecular complexity index is 663. The number of likely N-dealkylation sites (tertiary alicyclic amines) is 1. The summed E-state index contributed by atoms with van der Waals surface area (Å²) < 4.78 is 0. The minimum absolute atomic E-state index is 0.00386. The van der Waals surface area contributed by atoms with Gasteiger partial charge >= 0.3 is 0 Å². The van der Waals surface area contributed by atoms with Crippen molar-refractivity contribution < 1.29 is 19.5 Å². The molecule has 7 atom stereocenters. The van der Waals surface area contributed by atoms with Crippen LogP contribution in [0.5, 0.6) is 0 Å². The Labute approximate surface area is 180 Å². The molecular formula is C23H39N3O4. The monoisotopic (exact) mass is 421 g/mol. The van der Waals surface area contributed by atoms with Crippen molar-refractivity contribution in [3.8, 4) is 0 Å². The molecule has 3 N–H and O–H groups in total. The van der Waals surface area contributed by atoms with Crippen LogP contribution in [0.4, 0.5) is 0 Å². The van der Waals surface area contributed by atoms with Gasteiger partial charge in [0.05, 0.1) is 24.5 Å². The standard InChI is InChI=1S/C23H39N3O4/c1-7-9-14(5)25-22(29)20-16-11-10-15(8-2)18(21(28)24-6)19(16)23(30)26(20)17(12-27)13(3)4/h10-11,13-20,27H,7-9,12H2,1-6H3,(H,24,28)(H,25,29)/t14?,15-,16+,17+,18-,19-,20+/m1/s1. The van der Waals surface area contributed by atoms with Gasteiger partial charge in [-0.15, -0.1) is 0 Å². The molecule has 0 radical (unpaired) electrons. The van der Waals surface area contributed by atoms with Gasteiger partial charge in [-0.3, -0.25) is 14.4 Å². The first-order valence-corrected chi connectivity index (χ1v) is 11.4. The third-order valence-electron chi connectivity index (χ3n) is 6.76. The third-order valence-corrected chi connectivity index (χ3v) is 6.76. The maximum Gasteiger partial charge on any atom is 0.243 e. The van der Waals surface area contributed by atoms with Crippen LogP contribution in [-0.4, -0.2) is 59.5 Å². The number of aliphatic hydroxyl groups excluding tert-OH is 1. The molecule has 1 aliphatic heterocycles. The van der Waals surface area contributed by atoms with Crippen LogP contribution in [0.2, 0.25) is 0 Å². The van der Waals surface area contributed by atoms with Crippen molar-refractivity contribution in [3.63, 3.8) is 0 Å². The minimum Gasteiger partial charge on any atom is -0.394 e.